The number of anilines is 1. The molecule has 1 heterocycles. The topological polar surface area (TPSA) is 136 Å². The van der Waals surface area contributed by atoms with E-state index >= 15 is 0 Å². The van der Waals surface area contributed by atoms with Gasteiger partial charge in [-0.1, -0.05) is 29.3 Å². The number of hydrogen-bond acceptors (Lipinski definition) is 7. The van der Waals surface area contributed by atoms with E-state index in [1.165, 1.54) is 37.3 Å². The number of nitro groups is 1. The average Bonchev–Trinajstić information content (AvgIpc) is 2.95. The van der Waals surface area contributed by atoms with Crippen LogP contribution in [-0.2, 0) is 14.3 Å². The van der Waals surface area contributed by atoms with Crippen LogP contribution in [0.25, 0.3) is 0 Å². The number of carbonyl (C=O) groups is 4. The van der Waals surface area contributed by atoms with Crippen molar-refractivity contribution in [2.75, 3.05) is 11.9 Å². The second kappa shape index (κ2) is 9.33. The Bertz CT molecular complexity index is 1130. The summed E-state index contributed by atoms with van der Waals surface area (Å²) in [6.45, 7) is 0.978. The van der Waals surface area contributed by atoms with Crippen LogP contribution in [-0.4, -0.2) is 46.2 Å². The summed E-state index contributed by atoms with van der Waals surface area (Å²) in [5, 5.41) is 14.2. The van der Waals surface area contributed by atoms with Gasteiger partial charge in [-0.05, 0) is 31.2 Å². The molecule has 12 heteroatoms. The maximum absolute atomic E-state index is 12.5. The number of hydrogen-bond donors (Lipinski definition) is 1. The number of esters is 1. The molecule has 3 rings (SSSR count). The fraction of sp³-hybridized carbons (Fsp3) is 0.200. The molecule has 0 bridgehead atoms. The average molecular weight is 480 g/mol. The first-order valence-corrected chi connectivity index (χ1v) is 9.94. The number of carbonyl (C=O) groups excluding carboxylic acids is 4. The number of nitrogens with one attached hydrogen (secondary N) is 1. The van der Waals surface area contributed by atoms with Gasteiger partial charge in [0.2, 0.25) is 0 Å². The van der Waals surface area contributed by atoms with Crippen molar-refractivity contribution in [3.05, 3.63) is 67.7 Å². The molecule has 2 aromatic rings. The van der Waals surface area contributed by atoms with Gasteiger partial charge in [-0.3, -0.25) is 34.2 Å². The predicted octanol–water partition coefficient (Wildman–Crippen LogP) is 3.46. The van der Waals surface area contributed by atoms with Crippen molar-refractivity contribution >= 4 is 58.3 Å². The van der Waals surface area contributed by atoms with Crippen molar-refractivity contribution < 1.29 is 28.8 Å². The van der Waals surface area contributed by atoms with Gasteiger partial charge in [-0.2, -0.15) is 0 Å². The Labute approximate surface area is 191 Å². The van der Waals surface area contributed by atoms with Crippen LogP contribution in [0.5, 0.6) is 0 Å². The van der Waals surface area contributed by atoms with Crippen molar-refractivity contribution in [2.24, 2.45) is 0 Å². The van der Waals surface area contributed by atoms with Crippen LogP contribution in [0.15, 0.2) is 36.4 Å². The van der Waals surface area contributed by atoms with Gasteiger partial charge < -0.3 is 10.1 Å². The number of fused-ring (bicyclic) bond motifs is 1. The van der Waals surface area contributed by atoms with E-state index in [-0.39, 0.29) is 17.7 Å². The molecule has 0 aromatic heterocycles. The van der Waals surface area contributed by atoms with E-state index in [1.807, 2.05) is 0 Å². The van der Waals surface area contributed by atoms with Crippen LogP contribution in [0.3, 0.4) is 0 Å². The van der Waals surface area contributed by atoms with Gasteiger partial charge in [0.1, 0.15) is 5.56 Å². The van der Waals surface area contributed by atoms with Gasteiger partial charge in [0.25, 0.3) is 23.4 Å². The second-order valence-electron chi connectivity index (χ2n) is 6.75. The Kier molecular flexibility index (Phi) is 6.75. The summed E-state index contributed by atoms with van der Waals surface area (Å²) in [5.41, 5.74) is -0.602. The molecule has 1 aliphatic rings. The zero-order valence-electron chi connectivity index (χ0n) is 16.5. The molecule has 1 aliphatic heterocycles. The maximum Gasteiger partial charge on any atom is 0.308 e. The van der Waals surface area contributed by atoms with Crippen molar-refractivity contribution in [2.45, 2.75) is 19.4 Å². The molecule has 1 atom stereocenters. The number of nitro benzene ring substituents is 1. The minimum Gasteiger partial charge on any atom is -0.452 e. The van der Waals surface area contributed by atoms with Crippen LogP contribution in [0, 0.1) is 10.1 Å². The second-order valence-corrected chi connectivity index (χ2v) is 7.62. The van der Waals surface area contributed by atoms with Gasteiger partial charge in [0.05, 0.1) is 16.9 Å². The van der Waals surface area contributed by atoms with Crippen LogP contribution in [0.1, 0.15) is 34.1 Å². The zero-order valence-corrected chi connectivity index (χ0v) is 18.0. The number of amides is 3. The molecule has 32 heavy (non-hydrogen) atoms. The van der Waals surface area contributed by atoms with Gasteiger partial charge in [0.15, 0.2) is 6.10 Å². The van der Waals surface area contributed by atoms with E-state index in [4.69, 9.17) is 27.9 Å². The summed E-state index contributed by atoms with van der Waals surface area (Å²) in [6, 6.07) is 8.12. The summed E-state index contributed by atoms with van der Waals surface area (Å²) >= 11 is 11.7. The number of benzene rings is 2. The SMILES string of the molecule is C[C@@H](OC(=O)CCN1C(=O)c2cccc([N+](=O)[O-])c2C1=O)C(=O)Nc1cc(Cl)cc(Cl)c1. The van der Waals surface area contributed by atoms with Gasteiger partial charge >= 0.3 is 5.97 Å². The number of nitrogens with zero attached hydrogens (tertiary/aromatic N) is 2. The van der Waals surface area contributed by atoms with E-state index in [9.17, 15) is 29.3 Å². The lowest BCUT2D eigenvalue weighted by Crippen LogP contribution is -2.34. The first kappa shape index (κ1) is 23.2. The lowest BCUT2D eigenvalue weighted by Gasteiger charge is -2.16. The molecular weight excluding hydrogens is 465 g/mol. The molecule has 2 aromatic carbocycles. The van der Waals surface area contributed by atoms with Gasteiger partial charge in [-0.25, -0.2) is 0 Å². The molecule has 3 amide bonds. The van der Waals surface area contributed by atoms with Crippen molar-refractivity contribution in [3.63, 3.8) is 0 Å². The molecule has 0 aliphatic carbocycles. The highest BCUT2D eigenvalue weighted by Gasteiger charge is 2.40. The predicted molar refractivity (Wildman–Crippen MR) is 114 cm³/mol. The molecule has 0 fully saturated rings. The number of halogens is 2. The molecule has 10 nitrogen and oxygen atoms in total. The Morgan fingerprint density at radius 1 is 1.16 bits per heavy atom. The minimum atomic E-state index is -1.19. The Morgan fingerprint density at radius 3 is 2.44 bits per heavy atom. The van der Waals surface area contributed by atoms with Crippen molar-refractivity contribution in [1.29, 1.82) is 0 Å². The lowest BCUT2D eigenvalue weighted by atomic mass is 10.1. The smallest absolute Gasteiger partial charge is 0.308 e. The third-order valence-corrected chi connectivity index (χ3v) is 4.96. The van der Waals surface area contributed by atoms with Crippen molar-refractivity contribution in [3.8, 4) is 0 Å². The quantitative estimate of drug-likeness (QED) is 0.277. The molecule has 0 spiro atoms. The monoisotopic (exact) mass is 479 g/mol. The third kappa shape index (κ3) is 4.87. The van der Waals surface area contributed by atoms with E-state index in [1.54, 1.807) is 0 Å². The first-order valence-electron chi connectivity index (χ1n) is 9.18. The highest BCUT2D eigenvalue weighted by Crippen LogP contribution is 2.30. The Morgan fingerprint density at radius 2 is 1.81 bits per heavy atom. The van der Waals surface area contributed by atoms with Gasteiger partial charge in [0, 0.05) is 28.3 Å². The molecule has 0 radical (unpaired) electrons. The van der Waals surface area contributed by atoms with E-state index < -0.39 is 46.8 Å². The number of imide groups is 1. The minimum absolute atomic E-state index is 0.106. The fourth-order valence-electron chi connectivity index (χ4n) is 3.05. The summed E-state index contributed by atoms with van der Waals surface area (Å²) in [5.74, 6) is -3.10. The Hall–Kier alpha value is -3.50. The van der Waals surface area contributed by atoms with E-state index in [0.717, 1.165) is 11.0 Å². The standard InChI is InChI=1S/C20H15Cl2N3O7/c1-10(18(27)23-13-8-11(21)7-12(22)9-13)32-16(26)5-6-24-19(28)14-3-2-4-15(25(30)31)17(14)20(24)29/h2-4,7-10H,5-6H2,1H3,(H,23,27)/t10-/m1/s1. The maximum atomic E-state index is 12.5. The van der Waals surface area contributed by atoms with Crippen LogP contribution >= 0.6 is 23.2 Å². The molecule has 0 saturated heterocycles. The summed E-state index contributed by atoms with van der Waals surface area (Å²) < 4.78 is 5.04. The fourth-order valence-corrected chi connectivity index (χ4v) is 3.58. The highest BCUT2D eigenvalue weighted by atomic mass is 35.5. The normalized spacial score (nSPS) is 13.5. The largest absolute Gasteiger partial charge is 0.452 e. The third-order valence-electron chi connectivity index (χ3n) is 4.52. The first-order chi connectivity index (χ1) is 15.1. The lowest BCUT2D eigenvalue weighted by molar-refractivity contribution is -0.385. The number of rotatable bonds is 7. The van der Waals surface area contributed by atoms with Crippen LogP contribution in [0.4, 0.5) is 11.4 Å². The zero-order chi connectivity index (χ0) is 23.6. The van der Waals surface area contributed by atoms with Gasteiger partial charge in [-0.15, -0.1) is 0 Å². The molecule has 166 valence electrons. The molecule has 0 unspecified atom stereocenters. The summed E-state index contributed by atoms with van der Waals surface area (Å²) in [6.07, 6.45) is -1.59. The molecule has 0 saturated carbocycles. The van der Waals surface area contributed by atoms with E-state index in [2.05, 4.69) is 5.32 Å². The summed E-state index contributed by atoms with van der Waals surface area (Å²) in [4.78, 5) is 60.4. The van der Waals surface area contributed by atoms with Crippen molar-refractivity contribution in [1.82, 2.24) is 4.90 Å². The van der Waals surface area contributed by atoms with Crippen LogP contribution < -0.4 is 5.32 Å². The number of ether oxygens (including phenoxy) is 1. The highest BCUT2D eigenvalue weighted by molar-refractivity contribution is 6.35. The Balaban J connectivity index is 1.58. The van der Waals surface area contributed by atoms with E-state index in [0.29, 0.717) is 15.7 Å². The molecule has 1 N–H and O–H groups in total. The molecular formula is C20H15Cl2N3O7. The summed E-state index contributed by atoms with van der Waals surface area (Å²) in [7, 11) is 0. The van der Waals surface area contributed by atoms with Crippen LogP contribution in [0.2, 0.25) is 10.0 Å².